The molecule has 0 amide bonds. The number of rotatable bonds is 2. The molecule has 1 aliphatic heterocycles. The highest BCUT2D eigenvalue weighted by Gasteiger charge is 2.25. The summed E-state index contributed by atoms with van der Waals surface area (Å²) in [7, 11) is 2.10. The van der Waals surface area contributed by atoms with E-state index in [1.165, 1.54) is 5.56 Å². The van der Waals surface area contributed by atoms with Gasteiger partial charge in [-0.3, -0.25) is 0 Å². The summed E-state index contributed by atoms with van der Waals surface area (Å²) >= 11 is 0. The van der Waals surface area contributed by atoms with Gasteiger partial charge in [0.25, 0.3) is 0 Å². The summed E-state index contributed by atoms with van der Waals surface area (Å²) in [6.45, 7) is 2.16. The lowest BCUT2D eigenvalue weighted by Gasteiger charge is -2.00. The van der Waals surface area contributed by atoms with E-state index in [0.29, 0.717) is 0 Å². The fraction of sp³-hybridized carbons (Fsp3) is 0.333. The van der Waals surface area contributed by atoms with Crippen molar-refractivity contribution in [2.24, 2.45) is 0 Å². The van der Waals surface area contributed by atoms with E-state index in [1.807, 2.05) is 0 Å². The minimum Gasteiger partial charge on any atom is -0.228 e. The van der Waals surface area contributed by atoms with Gasteiger partial charge in [-0.2, -0.15) is 0 Å². The van der Waals surface area contributed by atoms with Gasteiger partial charge in [-0.25, -0.2) is 10.0 Å². The fourth-order valence-electron chi connectivity index (χ4n) is 1.17. The van der Waals surface area contributed by atoms with Gasteiger partial charge in [0.05, 0.1) is 6.67 Å². The van der Waals surface area contributed by atoms with Crippen molar-refractivity contribution in [2.45, 2.75) is 6.54 Å². The molecule has 2 heteroatoms. The van der Waals surface area contributed by atoms with Crippen molar-refractivity contribution >= 4 is 0 Å². The van der Waals surface area contributed by atoms with Crippen LogP contribution in [0.1, 0.15) is 5.56 Å². The van der Waals surface area contributed by atoms with Crippen molar-refractivity contribution in [3.05, 3.63) is 35.9 Å². The van der Waals surface area contributed by atoms with Crippen molar-refractivity contribution in [1.82, 2.24) is 10.0 Å². The SMILES string of the molecule is CN1CN1Cc1ccccc1. The highest BCUT2D eigenvalue weighted by atomic mass is 15.8. The van der Waals surface area contributed by atoms with Gasteiger partial charge in [0.2, 0.25) is 0 Å². The van der Waals surface area contributed by atoms with Crippen LogP contribution in [0, 0.1) is 0 Å². The second-order valence-electron chi connectivity index (χ2n) is 2.95. The molecule has 2 unspecified atom stereocenters. The van der Waals surface area contributed by atoms with Gasteiger partial charge < -0.3 is 0 Å². The van der Waals surface area contributed by atoms with E-state index < -0.39 is 0 Å². The van der Waals surface area contributed by atoms with Crippen molar-refractivity contribution in [3.8, 4) is 0 Å². The lowest BCUT2D eigenvalue weighted by Crippen LogP contribution is -2.01. The van der Waals surface area contributed by atoms with Crippen LogP contribution in [0.25, 0.3) is 0 Å². The number of hydrogen-bond acceptors (Lipinski definition) is 2. The first kappa shape index (κ1) is 6.83. The van der Waals surface area contributed by atoms with Gasteiger partial charge in [0.1, 0.15) is 0 Å². The van der Waals surface area contributed by atoms with Crippen LogP contribution in [-0.4, -0.2) is 23.7 Å². The third-order valence-electron chi connectivity index (χ3n) is 1.97. The molecule has 0 aromatic heterocycles. The Balaban J connectivity index is 1.97. The van der Waals surface area contributed by atoms with Crippen LogP contribution in [0.3, 0.4) is 0 Å². The Labute approximate surface area is 67.0 Å². The largest absolute Gasteiger partial charge is 0.228 e. The molecule has 2 atom stereocenters. The molecule has 0 N–H and O–H groups in total. The van der Waals surface area contributed by atoms with Gasteiger partial charge in [-0.1, -0.05) is 30.3 Å². The second kappa shape index (κ2) is 2.64. The summed E-state index contributed by atoms with van der Waals surface area (Å²) in [4.78, 5) is 0. The molecule has 2 rings (SSSR count). The Morgan fingerprint density at radius 2 is 1.91 bits per heavy atom. The van der Waals surface area contributed by atoms with Gasteiger partial charge in [-0.05, 0) is 5.56 Å². The summed E-state index contributed by atoms with van der Waals surface area (Å²) in [5, 5.41) is 4.49. The lowest BCUT2D eigenvalue weighted by molar-refractivity contribution is 0.345. The van der Waals surface area contributed by atoms with Crippen molar-refractivity contribution < 1.29 is 0 Å². The summed E-state index contributed by atoms with van der Waals surface area (Å²) < 4.78 is 0. The van der Waals surface area contributed by atoms with E-state index >= 15 is 0 Å². The third-order valence-corrected chi connectivity index (χ3v) is 1.97. The van der Waals surface area contributed by atoms with Crippen molar-refractivity contribution in [3.63, 3.8) is 0 Å². The van der Waals surface area contributed by atoms with E-state index in [-0.39, 0.29) is 0 Å². The van der Waals surface area contributed by atoms with Crippen LogP contribution in [0.2, 0.25) is 0 Å². The molecule has 1 aromatic carbocycles. The molecule has 2 nitrogen and oxygen atoms in total. The zero-order chi connectivity index (χ0) is 7.68. The summed E-state index contributed by atoms with van der Waals surface area (Å²) in [5.74, 6) is 0. The van der Waals surface area contributed by atoms with E-state index in [4.69, 9.17) is 0 Å². The summed E-state index contributed by atoms with van der Waals surface area (Å²) in [5.41, 5.74) is 1.39. The average Bonchev–Trinajstić information content (AvgIpc) is 2.69. The molecule has 0 spiro atoms. The predicted octanol–water partition coefficient (Wildman–Crippen LogP) is 1.31. The first-order valence-corrected chi connectivity index (χ1v) is 3.86. The Kier molecular flexibility index (Phi) is 1.64. The van der Waals surface area contributed by atoms with E-state index in [9.17, 15) is 0 Å². The topological polar surface area (TPSA) is 6.02 Å². The Morgan fingerprint density at radius 1 is 1.27 bits per heavy atom. The number of hydrogen-bond donors (Lipinski definition) is 0. The normalized spacial score (nSPS) is 28.5. The molecule has 1 saturated heterocycles. The molecule has 1 aliphatic rings. The predicted molar refractivity (Wildman–Crippen MR) is 44.6 cm³/mol. The number of benzene rings is 1. The molecule has 11 heavy (non-hydrogen) atoms. The first-order chi connectivity index (χ1) is 5.36. The molecule has 0 radical (unpaired) electrons. The summed E-state index contributed by atoms with van der Waals surface area (Å²) in [6.07, 6.45) is 0. The molecule has 58 valence electrons. The Bertz CT molecular complexity index is 233. The first-order valence-electron chi connectivity index (χ1n) is 3.86. The minimum atomic E-state index is 1.05. The molecular formula is C9H12N2. The van der Waals surface area contributed by atoms with E-state index in [2.05, 4.69) is 47.4 Å². The van der Waals surface area contributed by atoms with Crippen LogP contribution < -0.4 is 0 Å². The van der Waals surface area contributed by atoms with Crippen LogP contribution >= 0.6 is 0 Å². The van der Waals surface area contributed by atoms with Crippen molar-refractivity contribution in [1.29, 1.82) is 0 Å². The molecule has 1 heterocycles. The lowest BCUT2D eigenvalue weighted by atomic mass is 10.2. The quantitative estimate of drug-likeness (QED) is 0.583. The van der Waals surface area contributed by atoms with E-state index in [0.717, 1.165) is 13.2 Å². The monoisotopic (exact) mass is 148 g/mol. The zero-order valence-corrected chi connectivity index (χ0v) is 6.70. The smallest absolute Gasteiger partial charge is 0.0788 e. The van der Waals surface area contributed by atoms with Gasteiger partial charge in [0, 0.05) is 13.6 Å². The molecule has 1 fully saturated rings. The Morgan fingerprint density at radius 3 is 2.45 bits per heavy atom. The van der Waals surface area contributed by atoms with Gasteiger partial charge in [-0.15, -0.1) is 0 Å². The maximum Gasteiger partial charge on any atom is 0.0788 e. The average molecular weight is 148 g/mol. The molecule has 0 saturated carbocycles. The highest BCUT2D eigenvalue weighted by molar-refractivity contribution is 5.14. The minimum absolute atomic E-state index is 1.05. The van der Waals surface area contributed by atoms with Crippen LogP contribution in [0.4, 0.5) is 0 Å². The second-order valence-corrected chi connectivity index (χ2v) is 2.95. The third kappa shape index (κ3) is 1.59. The van der Waals surface area contributed by atoms with Gasteiger partial charge >= 0.3 is 0 Å². The summed E-state index contributed by atoms with van der Waals surface area (Å²) in [6, 6.07) is 10.5. The standard InChI is InChI=1S/C9H12N2/c1-10-8-11(10)7-9-5-3-2-4-6-9/h2-6H,7-8H2,1H3. The number of nitrogens with zero attached hydrogens (tertiary/aromatic N) is 2. The molecule has 0 aliphatic carbocycles. The molecule has 1 aromatic rings. The van der Waals surface area contributed by atoms with Crippen LogP contribution in [-0.2, 0) is 6.54 Å². The molecular weight excluding hydrogens is 136 g/mol. The van der Waals surface area contributed by atoms with Gasteiger partial charge in [0.15, 0.2) is 0 Å². The zero-order valence-electron chi connectivity index (χ0n) is 6.70. The highest BCUT2D eigenvalue weighted by Crippen LogP contribution is 2.15. The maximum atomic E-state index is 2.29. The van der Waals surface area contributed by atoms with Crippen LogP contribution in [0.15, 0.2) is 30.3 Å². The number of hydrazine groups is 1. The Hall–Kier alpha value is -0.860. The maximum absolute atomic E-state index is 2.29. The van der Waals surface area contributed by atoms with E-state index in [1.54, 1.807) is 0 Å². The van der Waals surface area contributed by atoms with Crippen molar-refractivity contribution in [2.75, 3.05) is 13.7 Å². The molecule has 0 bridgehead atoms. The fourth-order valence-corrected chi connectivity index (χ4v) is 1.17. The van der Waals surface area contributed by atoms with Crippen LogP contribution in [0.5, 0.6) is 0 Å².